The van der Waals surface area contributed by atoms with Gasteiger partial charge in [0.15, 0.2) is 0 Å². The molecule has 3 rings (SSSR count). The minimum absolute atomic E-state index is 0.00695. The highest BCUT2D eigenvalue weighted by Crippen LogP contribution is 2.38. The van der Waals surface area contributed by atoms with Gasteiger partial charge in [0.25, 0.3) is 0 Å². The molecule has 6 nitrogen and oxygen atoms in total. The fraction of sp³-hybridized carbons (Fsp3) is 0.316. The summed E-state index contributed by atoms with van der Waals surface area (Å²) in [6, 6.07) is 4.47. The fourth-order valence-corrected chi connectivity index (χ4v) is 3.06. The second kappa shape index (κ2) is 8.62. The number of anilines is 2. The van der Waals surface area contributed by atoms with Gasteiger partial charge in [0.1, 0.15) is 29.0 Å². The number of hydrogen-bond donors (Lipinski definition) is 1. The lowest BCUT2D eigenvalue weighted by Gasteiger charge is -2.23. The topological polar surface area (TPSA) is 78.2 Å². The summed E-state index contributed by atoms with van der Waals surface area (Å²) >= 11 is 0. The van der Waals surface area contributed by atoms with Crippen molar-refractivity contribution in [3.63, 3.8) is 0 Å². The average molecular weight is 462 g/mol. The van der Waals surface area contributed by atoms with E-state index < -0.39 is 53.3 Å². The molecule has 1 amide bonds. The molecule has 0 atom stereocenters. The first-order chi connectivity index (χ1) is 14.9. The molecule has 0 spiro atoms. The predicted molar refractivity (Wildman–Crippen MR) is 95.9 cm³/mol. The largest absolute Gasteiger partial charge is 0.433 e. The average Bonchev–Trinajstić information content (AvgIpc) is 2.91. The Balaban J connectivity index is 1.93. The van der Waals surface area contributed by atoms with Gasteiger partial charge in [-0.25, -0.2) is 9.37 Å². The third-order valence-corrected chi connectivity index (χ3v) is 4.48. The lowest BCUT2D eigenvalue weighted by atomic mass is 10.1. The molecule has 0 bridgehead atoms. The van der Waals surface area contributed by atoms with Gasteiger partial charge in [-0.1, -0.05) is 0 Å². The summed E-state index contributed by atoms with van der Waals surface area (Å²) in [6.07, 6.45) is -10.5. The summed E-state index contributed by atoms with van der Waals surface area (Å²) in [5.74, 6) is -2.38. The van der Waals surface area contributed by atoms with Gasteiger partial charge in [-0.2, -0.15) is 31.6 Å². The number of hydrogen-bond acceptors (Lipinski definition) is 5. The molecule has 0 aliphatic carbocycles. The molecule has 1 aliphatic heterocycles. The van der Waals surface area contributed by atoms with Gasteiger partial charge in [-0.05, 0) is 24.3 Å². The Bertz CT molecular complexity index is 1080. The van der Waals surface area contributed by atoms with Crippen LogP contribution in [-0.4, -0.2) is 30.6 Å². The molecular weight excluding hydrogens is 449 g/mol. The van der Waals surface area contributed by atoms with E-state index >= 15 is 0 Å². The molecule has 1 aromatic carbocycles. The number of amides is 1. The predicted octanol–water partition coefficient (Wildman–Crippen LogP) is 4.11. The lowest BCUT2D eigenvalue weighted by molar-refractivity contribution is -0.145. The number of benzene rings is 1. The second-order valence-corrected chi connectivity index (χ2v) is 6.61. The van der Waals surface area contributed by atoms with Gasteiger partial charge in [-0.15, -0.1) is 0 Å². The van der Waals surface area contributed by atoms with E-state index in [0.29, 0.717) is 5.56 Å². The highest BCUT2D eigenvalue weighted by Gasteiger charge is 2.41. The maximum absolute atomic E-state index is 13.5. The number of nitriles is 1. The van der Waals surface area contributed by atoms with Gasteiger partial charge < -0.3 is 15.0 Å². The number of rotatable bonds is 3. The van der Waals surface area contributed by atoms with Crippen LogP contribution in [0, 0.1) is 17.1 Å². The summed E-state index contributed by atoms with van der Waals surface area (Å²) < 4.78 is 97.6. The number of pyridine rings is 1. The van der Waals surface area contributed by atoms with E-state index in [0.717, 1.165) is 17.0 Å². The third kappa shape index (κ3) is 4.91. The number of alkyl halides is 6. The van der Waals surface area contributed by atoms with Gasteiger partial charge >= 0.3 is 12.4 Å². The number of ether oxygens (including phenoxy) is 1. The maximum Gasteiger partial charge on any atom is 0.433 e. The van der Waals surface area contributed by atoms with Crippen molar-refractivity contribution in [3.8, 4) is 6.07 Å². The van der Waals surface area contributed by atoms with E-state index in [-0.39, 0.29) is 31.5 Å². The molecular formula is C19H13F7N4O2. The van der Waals surface area contributed by atoms with Crippen LogP contribution in [0.15, 0.2) is 24.3 Å². The molecule has 0 saturated carbocycles. The molecule has 1 aliphatic rings. The van der Waals surface area contributed by atoms with E-state index in [9.17, 15) is 35.5 Å². The van der Waals surface area contributed by atoms with Crippen LogP contribution in [0.3, 0.4) is 0 Å². The summed E-state index contributed by atoms with van der Waals surface area (Å²) in [6.45, 7) is -0.705. The van der Waals surface area contributed by atoms with Crippen molar-refractivity contribution in [2.45, 2.75) is 19.0 Å². The Kier molecular flexibility index (Phi) is 6.27. The van der Waals surface area contributed by atoms with Crippen molar-refractivity contribution in [2.24, 2.45) is 0 Å². The van der Waals surface area contributed by atoms with Crippen LogP contribution in [-0.2, 0) is 28.5 Å². The molecule has 170 valence electrons. The van der Waals surface area contributed by atoms with Crippen LogP contribution in [0.25, 0.3) is 0 Å². The second-order valence-electron chi connectivity index (χ2n) is 6.61. The maximum atomic E-state index is 13.5. The van der Waals surface area contributed by atoms with Gasteiger partial charge in [0.2, 0.25) is 5.91 Å². The van der Waals surface area contributed by atoms with Crippen molar-refractivity contribution in [2.75, 3.05) is 29.9 Å². The first-order valence-corrected chi connectivity index (χ1v) is 8.91. The number of carbonyl (C=O) groups is 1. The normalized spacial score (nSPS) is 14.4. The molecule has 0 radical (unpaired) electrons. The van der Waals surface area contributed by atoms with Crippen molar-refractivity contribution >= 4 is 17.4 Å². The molecule has 13 heteroatoms. The zero-order valence-electron chi connectivity index (χ0n) is 15.9. The number of nitrogens with zero attached hydrogens (tertiary/aromatic N) is 3. The van der Waals surface area contributed by atoms with Crippen LogP contribution in [0.1, 0.15) is 22.4 Å². The van der Waals surface area contributed by atoms with E-state index in [1.807, 2.05) is 0 Å². The fourth-order valence-electron chi connectivity index (χ4n) is 3.06. The smallest absolute Gasteiger partial charge is 0.375 e. The minimum atomic E-state index is -5.26. The van der Waals surface area contributed by atoms with Gasteiger partial charge in [0, 0.05) is 17.8 Å². The summed E-state index contributed by atoms with van der Waals surface area (Å²) in [5, 5.41) is 11.2. The minimum Gasteiger partial charge on any atom is -0.375 e. The molecule has 2 heterocycles. The third-order valence-electron chi connectivity index (χ3n) is 4.48. The number of nitrogens with one attached hydrogen (secondary N) is 1. The molecule has 2 aromatic rings. The Morgan fingerprint density at radius 2 is 1.91 bits per heavy atom. The number of fused-ring (bicyclic) bond motifs is 1. The molecule has 0 fully saturated rings. The number of aromatic nitrogens is 1. The first kappa shape index (κ1) is 23.3. The highest BCUT2D eigenvalue weighted by molar-refractivity contribution is 5.97. The summed E-state index contributed by atoms with van der Waals surface area (Å²) in [4.78, 5) is 16.9. The van der Waals surface area contributed by atoms with Crippen molar-refractivity contribution in [1.29, 1.82) is 5.26 Å². The molecule has 32 heavy (non-hydrogen) atoms. The Morgan fingerprint density at radius 1 is 1.19 bits per heavy atom. The van der Waals surface area contributed by atoms with Crippen LogP contribution in [0.5, 0.6) is 0 Å². The Hall–Kier alpha value is -3.40. The SMILES string of the molecule is N#Cc1c(C(F)(F)F)cc(C(F)(F)F)nc1NCC(=O)N1CCOCc2cc(F)ccc21. The molecule has 0 unspecified atom stereocenters. The summed E-state index contributed by atoms with van der Waals surface area (Å²) in [5.41, 5.74) is -4.27. The quantitative estimate of drug-likeness (QED) is 0.695. The van der Waals surface area contributed by atoms with E-state index in [1.165, 1.54) is 12.1 Å². The Labute approximate surface area is 176 Å². The zero-order valence-corrected chi connectivity index (χ0v) is 15.9. The standard InChI is InChI=1S/C19H13F7N4O2/c20-11-1-2-14-10(5-11)9-32-4-3-30(14)16(31)8-28-17-12(7-27)13(18(21,22)23)6-15(29-17)19(24,25)26/h1-2,5-6H,3-4,8-9H2,(H,28,29). The van der Waals surface area contributed by atoms with Gasteiger partial charge in [0.05, 0.1) is 25.3 Å². The van der Waals surface area contributed by atoms with Crippen LogP contribution >= 0.6 is 0 Å². The van der Waals surface area contributed by atoms with Gasteiger partial charge in [-0.3, -0.25) is 4.79 Å². The van der Waals surface area contributed by atoms with Crippen LogP contribution in [0.4, 0.5) is 42.2 Å². The highest BCUT2D eigenvalue weighted by atomic mass is 19.4. The number of halogens is 7. The van der Waals surface area contributed by atoms with E-state index in [2.05, 4.69) is 10.3 Å². The van der Waals surface area contributed by atoms with E-state index in [4.69, 9.17) is 10.00 Å². The van der Waals surface area contributed by atoms with Crippen LogP contribution in [0.2, 0.25) is 0 Å². The van der Waals surface area contributed by atoms with Crippen LogP contribution < -0.4 is 10.2 Å². The zero-order chi connectivity index (χ0) is 23.7. The summed E-state index contributed by atoms with van der Waals surface area (Å²) in [7, 11) is 0. The molecule has 1 aromatic heterocycles. The lowest BCUT2D eigenvalue weighted by Crippen LogP contribution is -2.37. The first-order valence-electron chi connectivity index (χ1n) is 8.91. The van der Waals surface area contributed by atoms with E-state index in [1.54, 1.807) is 0 Å². The Morgan fingerprint density at radius 3 is 2.53 bits per heavy atom. The monoisotopic (exact) mass is 462 g/mol. The van der Waals surface area contributed by atoms with Crippen molar-refractivity contribution in [1.82, 2.24) is 4.98 Å². The molecule has 1 N–H and O–H groups in total. The number of carbonyl (C=O) groups excluding carboxylic acids is 1. The molecule has 0 saturated heterocycles. The van der Waals surface area contributed by atoms with Crippen molar-refractivity contribution in [3.05, 3.63) is 52.5 Å². The van der Waals surface area contributed by atoms with Crippen molar-refractivity contribution < 1.29 is 40.3 Å².